The van der Waals surface area contributed by atoms with Crippen molar-refractivity contribution in [3.63, 3.8) is 0 Å². The Hall–Kier alpha value is -1.67. The van der Waals surface area contributed by atoms with Gasteiger partial charge in [0.05, 0.1) is 13.1 Å². The van der Waals surface area contributed by atoms with Crippen molar-refractivity contribution in [3.8, 4) is 0 Å². The van der Waals surface area contributed by atoms with E-state index in [2.05, 4.69) is 15.2 Å². The maximum atomic E-state index is 10.8. The molecule has 10 heteroatoms. The first-order valence-corrected chi connectivity index (χ1v) is 5.03. The molecule has 0 aliphatic rings. The van der Waals surface area contributed by atoms with Gasteiger partial charge < -0.3 is 16.4 Å². The Labute approximate surface area is 106 Å². The van der Waals surface area contributed by atoms with E-state index in [-0.39, 0.29) is 29.3 Å². The zero-order valence-corrected chi connectivity index (χ0v) is 9.94. The SMILES string of the molecule is NC(=O)CN(CC(N)=O)c1nc(Cl)nnc1Cl. The maximum absolute atomic E-state index is 10.8. The van der Waals surface area contributed by atoms with Gasteiger partial charge in [-0.2, -0.15) is 4.98 Å². The number of amides is 2. The average molecular weight is 279 g/mol. The molecule has 0 saturated heterocycles. The van der Waals surface area contributed by atoms with Crippen molar-refractivity contribution in [3.05, 3.63) is 10.4 Å². The van der Waals surface area contributed by atoms with Gasteiger partial charge in [-0.05, 0) is 11.6 Å². The number of rotatable bonds is 5. The van der Waals surface area contributed by atoms with Crippen molar-refractivity contribution >= 4 is 40.8 Å². The number of primary amides is 2. The second kappa shape index (κ2) is 5.60. The summed E-state index contributed by atoms with van der Waals surface area (Å²) >= 11 is 11.2. The molecule has 1 heterocycles. The predicted molar refractivity (Wildman–Crippen MR) is 60.4 cm³/mol. The molecule has 8 nitrogen and oxygen atoms in total. The van der Waals surface area contributed by atoms with Crippen LogP contribution in [-0.2, 0) is 9.59 Å². The van der Waals surface area contributed by atoms with E-state index in [0.717, 1.165) is 4.90 Å². The fourth-order valence-corrected chi connectivity index (χ4v) is 1.39. The largest absolute Gasteiger partial charge is 0.368 e. The number of halogens is 2. The summed E-state index contributed by atoms with van der Waals surface area (Å²) in [7, 11) is 0. The van der Waals surface area contributed by atoms with Crippen LogP contribution in [0.1, 0.15) is 0 Å². The minimum absolute atomic E-state index is 0.0178. The van der Waals surface area contributed by atoms with Gasteiger partial charge in [0.25, 0.3) is 0 Å². The fourth-order valence-electron chi connectivity index (χ4n) is 1.07. The van der Waals surface area contributed by atoms with E-state index in [1.54, 1.807) is 0 Å². The molecule has 0 fully saturated rings. The Balaban J connectivity index is 3.06. The summed E-state index contributed by atoms with van der Waals surface area (Å²) in [6.07, 6.45) is 0. The predicted octanol–water partition coefficient (Wildman–Crippen LogP) is -1.04. The summed E-state index contributed by atoms with van der Waals surface area (Å²) in [5.41, 5.74) is 10.0. The van der Waals surface area contributed by atoms with Crippen LogP contribution in [0, 0.1) is 0 Å². The summed E-state index contributed by atoms with van der Waals surface area (Å²) in [5.74, 6) is -1.35. The molecule has 0 bridgehead atoms. The molecule has 1 aromatic heterocycles. The third-order valence-electron chi connectivity index (χ3n) is 1.60. The van der Waals surface area contributed by atoms with Gasteiger partial charge in [0, 0.05) is 0 Å². The van der Waals surface area contributed by atoms with E-state index < -0.39 is 11.8 Å². The lowest BCUT2D eigenvalue weighted by Crippen LogP contribution is -2.40. The lowest BCUT2D eigenvalue weighted by Gasteiger charge is -2.20. The molecule has 4 N–H and O–H groups in total. The van der Waals surface area contributed by atoms with Crippen LogP contribution in [0.2, 0.25) is 10.4 Å². The number of carbonyl (C=O) groups is 2. The zero-order chi connectivity index (χ0) is 13.0. The van der Waals surface area contributed by atoms with Gasteiger partial charge in [-0.15, -0.1) is 10.2 Å². The summed E-state index contributed by atoms with van der Waals surface area (Å²) in [4.78, 5) is 26.6. The second-order valence-electron chi connectivity index (χ2n) is 2.98. The summed E-state index contributed by atoms with van der Waals surface area (Å²) < 4.78 is 0. The van der Waals surface area contributed by atoms with Crippen molar-refractivity contribution in [2.75, 3.05) is 18.0 Å². The van der Waals surface area contributed by atoms with Crippen molar-refractivity contribution < 1.29 is 9.59 Å². The van der Waals surface area contributed by atoms with E-state index in [9.17, 15) is 9.59 Å². The molecule has 0 spiro atoms. The highest BCUT2D eigenvalue weighted by Crippen LogP contribution is 2.20. The van der Waals surface area contributed by atoms with Crippen LogP contribution in [0.3, 0.4) is 0 Å². The van der Waals surface area contributed by atoms with Gasteiger partial charge in [0.1, 0.15) is 0 Å². The van der Waals surface area contributed by atoms with Crippen molar-refractivity contribution in [1.29, 1.82) is 0 Å². The minimum Gasteiger partial charge on any atom is -0.368 e. The molecule has 0 unspecified atom stereocenters. The van der Waals surface area contributed by atoms with Crippen LogP contribution in [0.5, 0.6) is 0 Å². The summed E-state index contributed by atoms with van der Waals surface area (Å²) in [6, 6.07) is 0. The normalized spacial score (nSPS) is 10.0. The van der Waals surface area contributed by atoms with Crippen LogP contribution in [0.15, 0.2) is 0 Å². The molecule has 0 aromatic carbocycles. The first-order chi connectivity index (χ1) is 7.90. The van der Waals surface area contributed by atoms with Crippen molar-refractivity contribution in [2.24, 2.45) is 11.5 Å². The summed E-state index contributed by atoms with van der Waals surface area (Å²) in [5, 5.41) is 6.59. The molecule has 92 valence electrons. The molecular formula is C7H8Cl2N6O2. The van der Waals surface area contributed by atoms with Gasteiger partial charge >= 0.3 is 0 Å². The van der Waals surface area contributed by atoms with Gasteiger partial charge in [-0.3, -0.25) is 9.59 Å². The highest BCUT2D eigenvalue weighted by Gasteiger charge is 2.18. The number of anilines is 1. The lowest BCUT2D eigenvalue weighted by molar-refractivity contribution is -0.117. The van der Waals surface area contributed by atoms with Gasteiger partial charge in [-0.1, -0.05) is 11.6 Å². The molecule has 0 aliphatic carbocycles. The number of hydrogen-bond donors (Lipinski definition) is 2. The molecular weight excluding hydrogens is 271 g/mol. The van der Waals surface area contributed by atoms with Gasteiger partial charge in [0.2, 0.25) is 17.1 Å². The average Bonchev–Trinajstić information content (AvgIpc) is 2.19. The third kappa shape index (κ3) is 4.00. The Bertz CT molecular complexity index is 438. The molecule has 0 aliphatic heterocycles. The lowest BCUT2D eigenvalue weighted by atomic mass is 10.4. The van der Waals surface area contributed by atoms with Crippen LogP contribution >= 0.6 is 23.2 Å². The van der Waals surface area contributed by atoms with Gasteiger partial charge in [0.15, 0.2) is 11.0 Å². The van der Waals surface area contributed by atoms with Gasteiger partial charge in [-0.25, -0.2) is 0 Å². The first-order valence-electron chi connectivity index (χ1n) is 4.27. The molecule has 0 saturated carbocycles. The second-order valence-corrected chi connectivity index (χ2v) is 3.68. The monoisotopic (exact) mass is 278 g/mol. The molecule has 2 amide bonds. The first kappa shape index (κ1) is 13.4. The Morgan fingerprint density at radius 3 is 2.12 bits per heavy atom. The van der Waals surface area contributed by atoms with Crippen LogP contribution < -0.4 is 16.4 Å². The topological polar surface area (TPSA) is 128 Å². The minimum atomic E-state index is -0.683. The maximum Gasteiger partial charge on any atom is 0.245 e. The number of hydrogen-bond acceptors (Lipinski definition) is 6. The summed E-state index contributed by atoms with van der Waals surface area (Å²) in [6.45, 7) is -0.588. The van der Waals surface area contributed by atoms with Crippen molar-refractivity contribution in [1.82, 2.24) is 15.2 Å². The van der Waals surface area contributed by atoms with Crippen LogP contribution in [0.4, 0.5) is 5.82 Å². The number of aromatic nitrogens is 3. The Morgan fingerprint density at radius 2 is 1.65 bits per heavy atom. The van der Waals surface area contributed by atoms with Crippen molar-refractivity contribution in [2.45, 2.75) is 0 Å². The van der Waals surface area contributed by atoms with E-state index in [1.165, 1.54) is 0 Å². The highest BCUT2D eigenvalue weighted by atomic mass is 35.5. The van der Waals surface area contributed by atoms with E-state index >= 15 is 0 Å². The quantitative estimate of drug-likeness (QED) is 0.708. The molecule has 1 rings (SSSR count). The van der Waals surface area contributed by atoms with E-state index in [0.29, 0.717) is 0 Å². The third-order valence-corrected chi connectivity index (χ3v) is 2.00. The number of carbonyl (C=O) groups excluding carboxylic acids is 2. The van der Waals surface area contributed by atoms with Crippen LogP contribution in [-0.4, -0.2) is 40.1 Å². The Morgan fingerprint density at radius 1 is 1.12 bits per heavy atom. The molecule has 0 radical (unpaired) electrons. The fraction of sp³-hybridized carbons (Fsp3) is 0.286. The zero-order valence-electron chi connectivity index (χ0n) is 8.43. The van der Waals surface area contributed by atoms with Crippen LogP contribution in [0.25, 0.3) is 0 Å². The molecule has 0 atom stereocenters. The standard InChI is InChI=1S/C7H8Cl2N6O2/c8-5-6(12-7(9)14-13-5)15(1-3(10)16)2-4(11)17/h1-2H2,(H2,10,16)(H2,11,17). The van der Waals surface area contributed by atoms with E-state index in [4.69, 9.17) is 34.7 Å². The number of nitrogens with two attached hydrogens (primary N) is 2. The highest BCUT2D eigenvalue weighted by molar-refractivity contribution is 6.32. The van der Waals surface area contributed by atoms with E-state index in [1.807, 2.05) is 0 Å². The number of nitrogens with zero attached hydrogens (tertiary/aromatic N) is 4. The Kier molecular flexibility index (Phi) is 4.41. The molecule has 1 aromatic rings. The molecule has 17 heavy (non-hydrogen) atoms. The smallest absolute Gasteiger partial charge is 0.245 e.